The molecular formula is C18H16N4O2S. The zero-order valence-corrected chi connectivity index (χ0v) is 14.6. The van der Waals surface area contributed by atoms with Gasteiger partial charge >= 0.3 is 0 Å². The van der Waals surface area contributed by atoms with Crippen LogP contribution in [-0.2, 0) is 0 Å². The van der Waals surface area contributed by atoms with E-state index in [1.807, 2.05) is 43.5 Å². The van der Waals surface area contributed by atoms with Gasteiger partial charge in [-0.2, -0.15) is 5.10 Å². The van der Waals surface area contributed by atoms with Crippen molar-refractivity contribution in [2.45, 2.75) is 13.8 Å². The van der Waals surface area contributed by atoms with Crippen LogP contribution in [0.25, 0.3) is 11.3 Å². The van der Waals surface area contributed by atoms with Gasteiger partial charge in [0.25, 0.3) is 5.69 Å². The van der Waals surface area contributed by atoms with E-state index in [0.29, 0.717) is 16.4 Å². The van der Waals surface area contributed by atoms with Gasteiger partial charge in [-0.05, 0) is 19.4 Å². The molecule has 3 aromatic rings. The number of non-ortho nitro benzene ring substituents is 1. The molecule has 0 saturated heterocycles. The third-order valence-corrected chi connectivity index (χ3v) is 4.39. The van der Waals surface area contributed by atoms with Crippen molar-refractivity contribution in [1.29, 1.82) is 0 Å². The maximum absolute atomic E-state index is 10.9. The number of nitrogens with zero attached hydrogens (tertiary/aromatic N) is 3. The Hall–Kier alpha value is -3.06. The molecule has 0 bridgehead atoms. The summed E-state index contributed by atoms with van der Waals surface area (Å²) in [6, 6.07) is 14.5. The molecule has 0 spiro atoms. The number of hydrazone groups is 1. The first-order valence-corrected chi connectivity index (χ1v) is 8.48. The van der Waals surface area contributed by atoms with Crippen molar-refractivity contribution in [3.8, 4) is 11.3 Å². The maximum Gasteiger partial charge on any atom is 0.270 e. The molecule has 1 heterocycles. The van der Waals surface area contributed by atoms with Gasteiger partial charge in [0.05, 0.1) is 16.3 Å². The van der Waals surface area contributed by atoms with Gasteiger partial charge in [-0.15, -0.1) is 11.3 Å². The lowest BCUT2D eigenvalue weighted by Crippen LogP contribution is -1.99. The number of anilines is 1. The first-order chi connectivity index (χ1) is 12.0. The number of hydrogen-bond donors (Lipinski definition) is 1. The Morgan fingerprint density at radius 2 is 2.00 bits per heavy atom. The summed E-state index contributed by atoms with van der Waals surface area (Å²) in [7, 11) is 0. The minimum atomic E-state index is -0.412. The fourth-order valence-corrected chi connectivity index (χ4v) is 2.89. The van der Waals surface area contributed by atoms with Gasteiger partial charge in [-0.25, -0.2) is 4.98 Å². The Bertz CT molecular complexity index is 932. The maximum atomic E-state index is 10.9. The van der Waals surface area contributed by atoms with Crippen molar-refractivity contribution >= 4 is 27.9 Å². The van der Waals surface area contributed by atoms with E-state index in [-0.39, 0.29) is 5.69 Å². The fraction of sp³-hybridized carbons (Fsp3) is 0.111. The largest absolute Gasteiger partial charge is 0.270 e. The highest BCUT2D eigenvalue weighted by Gasteiger charge is 2.10. The highest BCUT2D eigenvalue weighted by atomic mass is 32.1. The average molecular weight is 352 g/mol. The Morgan fingerprint density at radius 3 is 2.72 bits per heavy atom. The Morgan fingerprint density at radius 1 is 1.24 bits per heavy atom. The first kappa shape index (κ1) is 16.8. The standard InChI is InChI=1S/C18H16N4O2S/c1-12-6-8-14(9-7-12)13(2)20-21-18-19-17(11-25-18)15-4-3-5-16(10-15)22(23)24/h3-11H,1-2H3,(H,19,21)/b20-13-. The molecule has 126 valence electrons. The van der Waals surface area contributed by atoms with Crippen molar-refractivity contribution in [2.24, 2.45) is 5.10 Å². The van der Waals surface area contributed by atoms with Crippen molar-refractivity contribution in [3.63, 3.8) is 0 Å². The third-order valence-electron chi connectivity index (χ3n) is 3.65. The molecule has 25 heavy (non-hydrogen) atoms. The lowest BCUT2D eigenvalue weighted by Gasteiger charge is -2.02. The van der Waals surface area contributed by atoms with E-state index in [9.17, 15) is 10.1 Å². The van der Waals surface area contributed by atoms with Crippen LogP contribution in [0.3, 0.4) is 0 Å². The second-order valence-corrected chi connectivity index (χ2v) is 6.38. The third kappa shape index (κ3) is 4.07. The predicted molar refractivity (Wildman–Crippen MR) is 101 cm³/mol. The van der Waals surface area contributed by atoms with Crippen molar-refractivity contribution < 1.29 is 4.92 Å². The van der Waals surface area contributed by atoms with Gasteiger partial charge in [0.15, 0.2) is 0 Å². The van der Waals surface area contributed by atoms with Crippen LogP contribution in [0.1, 0.15) is 18.1 Å². The molecule has 0 saturated carbocycles. The Kier molecular flexibility index (Phi) is 4.85. The molecule has 0 radical (unpaired) electrons. The zero-order chi connectivity index (χ0) is 17.8. The van der Waals surface area contributed by atoms with E-state index in [2.05, 4.69) is 15.5 Å². The first-order valence-electron chi connectivity index (χ1n) is 7.60. The Labute approximate surface area is 149 Å². The monoisotopic (exact) mass is 352 g/mol. The van der Waals surface area contributed by atoms with Gasteiger partial charge in [0.1, 0.15) is 0 Å². The van der Waals surface area contributed by atoms with Gasteiger partial charge in [0, 0.05) is 23.1 Å². The number of hydrogen-bond acceptors (Lipinski definition) is 6. The zero-order valence-electron chi connectivity index (χ0n) is 13.8. The summed E-state index contributed by atoms with van der Waals surface area (Å²) in [5.74, 6) is 0. The fourth-order valence-electron chi connectivity index (χ4n) is 2.23. The molecule has 2 aromatic carbocycles. The van der Waals surface area contributed by atoms with Crippen LogP contribution in [0, 0.1) is 17.0 Å². The van der Waals surface area contributed by atoms with Crippen molar-refractivity contribution in [3.05, 3.63) is 75.2 Å². The van der Waals surface area contributed by atoms with E-state index >= 15 is 0 Å². The van der Waals surface area contributed by atoms with Gasteiger partial charge in [-0.3, -0.25) is 15.5 Å². The topological polar surface area (TPSA) is 80.4 Å². The highest BCUT2D eigenvalue weighted by molar-refractivity contribution is 7.14. The van der Waals surface area contributed by atoms with Crippen molar-refractivity contribution in [2.75, 3.05) is 5.43 Å². The van der Waals surface area contributed by atoms with Crippen LogP contribution in [0.4, 0.5) is 10.8 Å². The molecule has 0 fully saturated rings. The summed E-state index contributed by atoms with van der Waals surface area (Å²) in [5, 5.41) is 17.7. The van der Waals surface area contributed by atoms with E-state index in [0.717, 1.165) is 11.3 Å². The molecule has 6 nitrogen and oxygen atoms in total. The van der Waals surface area contributed by atoms with Crippen LogP contribution >= 0.6 is 11.3 Å². The Balaban J connectivity index is 1.75. The van der Waals surface area contributed by atoms with E-state index in [4.69, 9.17) is 0 Å². The summed E-state index contributed by atoms with van der Waals surface area (Å²) >= 11 is 1.40. The number of aromatic nitrogens is 1. The van der Waals surface area contributed by atoms with Crippen LogP contribution in [-0.4, -0.2) is 15.6 Å². The normalized spacial score (nSPS) is 11.4. The second kappa shape index (κ2) is 7.23. The van der Waals surface area contributed by atoms with Gasteiger partial charge in [-0.1, -0.05) is 42.0 Å². The summed E-state index contributed by atoms with van der Waals surface area (Å²) in [6.07, 6.45) is 0. The van der Waals surface area contributed by atoms with Crippen LogP contribution in [0.5, 0.6) is 0 Å². The molecular weight excluding hydrogens is 336 g/mol. The number of rotatable bonds is 5. The predicted octanol–water partition coefficient (Wildman–Crippen LogP) is 4.86. The molecule has 0 aliphatic rings. The van der Waals surface area contributed by atoms with E-state index in [1.54, 1.807) is 12.1 Å². The SMILES string of the molecule is C/C(=N/Nc1nc(-c2cccc([N+](=O)[O-])c2)cs1)c1ccc(C)cc1. The minimum Gasteiger partial charge on any atom is -0.258 e. The quantitative estimate of drug-likeness (QED) is 0.404. The molecule has 0 aliphatic heterocycles. The lowest BCUT2D eigenvalue weighted by molar-refractivity contribution is -0.384. The molecule has 0 aliphatic carbocycles. The summed E-state index contributed by atoms with van der Waals surface area (Å²) in [4.78, 5) is 14.9. The summed E-state index contributed by atoms with van der Waals surface area (Å²) < 4.78 is 0. The number of nitro benzene ring substituents is 1. The van der Waals surface area contributed by atoms with Gasteiger partial charge < -0.3 is 0 Å². The number of nitro groups is 1. The van der Waals surface area contributed by atoms with Crippen LogP contribution < -0.4 is 5.43 Å². The van der Waals surface area contributed by atoms with Gasteiger partial charge in [0.2, 0.25) is 5.13 Å². The lowest BCUT2D eigenvalue weighted by atomic mass is 10.1. The van der Waals surface area contributed by atoms with Crippen LogP contribution in [0.15, 0.2) is 59.0 Å². The number of aryl methyl sites for hydroxylation is 1. The molecule has 1 aromatic heterocycles. The summed E-state index contributed by atoms with van der Waals surface area (Å²) in [6.45, 7) is 3.96. The molecule has 0 unspecified atom stereocenters. The molecule has 0 atom stereocenters. The molecule has 7 heteroatoms. The second-order valence-electron chi connectivity index (χ2n) is 5.52. The molecule has 0 amide bonds. The molecule has 1 N–H and O–H groups in total. The van der Waals surface area contributed by atoms with Crippen molar-refractivity contribution in [1.82, 2.24) is 4.98 Å². The minimum absolute atomic E-state index is 0.0493. The van der Waals surface area contributed by atoms with Crippen LogP contribution in [0.2, 0.25) is 0 Å². The number of nitrogens with one attached hydrogen (secondary N) is 1. The summed E-state index contributed by atoms with van der Waals surface area (Å²) in [5.41, 5.74) is 7.47. The van der Waals surface area contributed by atoms with E-state index in [1.165, 1.54) is 29.0 Å². The van der Waals surface area contributed by atoms with E-state index < -0.39 is 4.92 Å². The molecule has 3 rings (SSSR count). The number of benzene rings is 2. The number of thiazole rings is 1. The average Bonchev–Trinajstić information content (AvgIpc) is 3.09. The highest BCUT2D eigenvalue weighted by Crippen LogP contribution is 2.27. The smallest absolute Gasteiger partial charge is 0.258 e.